The maximum atomic E-state index is 11.0. The predicted octanol–water partition coefficient (Wildman–Crippen LogP) is 1.93. The summed E-state index contributed by atoms with van der Waals surface area (Å²) in [5.74, 6) is 0.251. The number of aliphatic hydroxyl groups is 2. The fourth-order valence-electron chi connectivity index (χ4n) is 4.18. The molecule has 3 N–H and O–H groups in total. The van der Waals surface area contributed by atoms with Gasteiger partial charge in [-0.2, -0.15) is 0 Å². The van der Waals surface area contributed by atoms with Crippen LogP contribution in [0.25, 0.3) is 0 Å². The molecule has 1 aromatic rings. The van der Waals surface area contributed by atoms with E-state index in [-0.39, 0.29) is 12.0 Å². The normalized spacial score (nSPS) is 25.0. The van der Waals surface area contributed by atoms with Gasteiger partial charge in [0, 0.05) is 19.6 Å². The summed E-state index contributed by atoms with van der Waals surface area (Å²) >= 11 is 0. The summed E-state index contributed by atoms with van der Waals surface area (Å²) in [6.45, 7) is 3.84. The first-order chi connectivity index (χ1) is 11.3. The second-order valence-corrected chi connectivity index (χ2v) is 7.02. The number of aliphatic hydroxyl groups excluding tert-OH is 2. The standard InChI is InChI=1S/C19H30N2O2/c22-18(16-9-4-5-10-16)19(23)17(15-7-2-1-3-8-15)21-13-6-11-20-12-14-21/h1-3,7-8,16-20,22-23H,4-6,9-14H2. The fourth-order valence-corrected chi connectivity index (χ4v) is 4.18. The summed E-state index contributed by atoms with van der Waals surface area (Å²) in [7, 11) is 0. The Labute approximate surface area is 139 Å². The van der Waals surface area contributed by atoms with Crippen LogP contribution >= 0.6 is 0 Å². The zero-order valence-corrected chi connectivity index (χ0v) is 13.9. The Bertz CT molecular complexity index is 454. The van der Waals surface area contributed by atoms with Crippen molar-refractivity contribution in [3.8, 4) is 0 Å². The quantitative estimate of drug-likeness (QED) is 0.776. The Kier molecular flexibility index (Phi) is 6.06. The fraction of sp³-hybridized carbons (Fsp3) is 0.684. The molecule has 1 aliphatic heterocycles. The van der Waals surface area contributed by atoms with E-state index in [0.29, 0.717) is 0 Å². The summed E-state index contributed by atoms with van der Waals surface area (Å²) in [5, 5.41) is 25.2. The molecule has 128 valence electrons. The molecule has 1 aliphatic carbocycles. The van der Waals surface area contributed by atoms with Crippen molar-refractivity contribution in [3.05, 3.63) is 35.9 Å². The molecular weight excluding hydrogens is 288 g/mol. The van der Waals surface area contributed by atoms with Gasteiger partial charge < -0.3 is 15.5 Å². The molecule has 0 bridgehead atoms. The minimum atomic E-state index is -0.724. The Morgan fingerprint density at radius 1 is 0.957 bits per heavy atom. The molecule has 2 aliphatic rings. The van der Waals surface area contributed by atoms with Gasteiger partial charge in [0.1, 0.15) is 0 Å². The molecule has 1 saturated heterocycles. The Morgan fingerprint density at radius 2 is 1.70 bits per heavy atom. The largest absolute Gasteiger partial charge is 0.390 e. The molecule has 3 rings (SSSR count). The van der Waals surface area contributed by atoms with Crippen molar-refractivity contribution in [3.63, 3.8) is 0 Å². The van der Waals surface area contributed by atoms with Gasteiger partial charge >= 0.3 is 0 Å². The van der Waals surface area contributed by atoms with E-state index in [9.17, 15) is 10.2 Å². The lowest BCUT2D eigenvalue weighted by atomic mass is 9.88. The molecule has 1 heterocycles. The van der Waals surface area contributed by atoms with Gasteiger partial charge in [0.25, 0.3) is 0 Å². The Balaban J connectivity index is 1.81. The van der Waals surface area contributed by atoms with Gasteiger partial charge in [-0.1, -0.05) is 43.2 Å². The van der Waals surface area contributed by atoms with Crippen molar-refractivity contribution in [1.82, 2.24) is 10.2 Å². The van der Waals surface area contributed by atoms with Crippen LogP contribution in [0.5, 0.6) is 0 Å². The van der Waals surface area contributed by atoms with Gasteiger partial charge in [-0.3, -0.25) is 4.90 Å². The predicted molar refractivity (Wildman–Crippen MR) is 92.2 cm³/mol. The van der Waals surface area contributed by atoms with Crippen molar-refractivity contribution in [2.75, 3.05) is 26.2 Å². The van der Waals surface area contributed by atoms with Gasteiger partial charge in [0.2, 0.25) is 0 Å². The zero-order valence-electron chi connectivity index (χ0n) is 13.9. The minimum Gasteiger partial charge on any atom is -0.390 e. The number of rotatable bonds is 5. The molecule has 0 radical (unpaired) electrons. The number of benzene rings is 1. The topological polar surface area (TPSA) is 55.7 Å². The summed E-state index contributed by atoms with van der Waals surface area (Å²) in [6.07, 6.45) is 4.17. The van der Waals surface area contributed by atoms with Gasteiger partial charge in [-0.15, -0.1) is 0 Å². The molecular formula is C19H30N2O2. The van der Waals surface area contributed by atoms with Crippen LogP contribution in [0.15, 0.2) is 30.3 Å². The van der Waals surface area contributed by atoms with E-state index < -0.39 is 12.2 Å². The van der Waals surface area contributed by atoms with E-state index in [1.54, 1.807) is 0 Å². The molecule has 1 aromatic carbocycles. The molecule has 3 unspecified atom stereocenters. The molecule has 4 heteroatoms. The molecule has 4 nitrogen and oxygen atoms in total. The smallest absolute Gasteiger partial charge is 0.0998 e. The molecule has 1 saturated carbocycles. The van der Waals surface area contributed by atoms with Crippen LogP contribution in [0.2, 0.25) is 0 Å². The van der Waals surface area contributed by atoms with Crippen LogP contribution in [-0.4, -0.2) is 53.5 Å². The van der Waals surface area contributed by atoms with Crippen molar-refractivity contribution in [1.29, 1.82) is 0 Å². The van der Waals surface area contributed by atoms with Crippen LogP contribution in [0, 0.1) is 5.92 Å². The first-order valence-corrected chi connectivity index (χ1v) is 9.13. The third-order valence-corrected chi connectivity index (χ3v) is 5.47. The molecule has 0 aromatic heterocycles. The molecule has 0 amide bonds. The summed E-state index contributed by atoms with van der Waals surface area (Å²) in [6, 6.07) is 10.1. The van der Waals surface area contributed by atoms with Gasteiger partial charge in [-0.25, -0.2) is 0 Å². The van der Waals surface area contributed by atoms with Gasteiger partial charge in [0.05, 0.1) is 18.2 Å². The average molecular weight is 318 g/mol. The monoisotopic (exact) mass is 318 g/mol. The minimum absolute atomic E-state index is 0.119. The number of nitrogens with one attached hydrogen (secondary N) is 1. The van der Waals surface area contributed by atoms with Gasteiger partial charge in [-0.05, 0) is 37.3 Å². The first-order valence-electron chi connectivity index (χ1n) is 9.13. The number of hydrogen-bond donors (Lipinski definition) is 3. The lowest BCUT2D eigenvalue weighted by Gasteiger charge is -2.37. The Morgan fingerprint density at radius 3 is 2.43 bits per heavy atom. The third-order valence-electron chi connectivity index (χ3n) is 5.47. The van der Waals surface area contributed by atoms with E-state index in [0.717, 1.165) is 51.0 Å². The van der Waals surface area contributed by atoms with E-state index in [4.69, 9.17) is 0 Å². The van der Waals surface area contributed by atoms with Crippen molar-refractivity contribution >= 4 is 0 Å². The second-order valence-electron chi connectivity index (χ2n) is 7.02. The molecule has 0 spiro atoms. The SMILES string of the molecule is OC(C1CCCC1)C(O)C(c1ccccc1)N1CCCNCC1. The van der Waals surface area contributed by atoms with Crippen LogP contribution in [-0.2, 0) is 0 Å². The van der Waals surface area contributed by atoms with Crippen molar-refractivity contribution in [2.45, 2.75) is 50.4 Å². The lowest BCUT2D eigenvalue weighted by molar-refractivity contribution is -0.0629. The van der Waals surface area contributed by atoms with E-state index in [2.05, 4.69) is 22.3 Å². The zero-order chi connectivity index (χ0) is 16.1. The third kappa shape index (κ3) is 4.13. The maximum absolute atomic E-state index is 11.0. The van der Waals surface area contributed by atoms with E-state index >= 15 is 0 Å². The number of nitrogens with zero attached hydrogens (tertiary/aromatic N) is 1. The van der Waals surface area contributed by atoms with E-state index in [1.165, 1.54) is 12.8 Å². The molecule has 2 fully saturated rings. The molecule has 3 atom stereocenters. The van der Waals surface area contributed by atoms with Crippen LogP contribution in [0.3, 0.4) is 0 Å². The molecule has 23 heavy (non-hydrogen) atoms. The average Bonchev–Trinajstić information content (AvgIpc) is 3.00. The highest BCUT2D eigenvalue weighted by molar-refractivity contribution is 5.21. The lowest BCUT2D eigenvalue weighted by Crippen LogP contribution is -2.45. The highest BCUT2D eigenvalue weighted by Gasteiger charge is 2.37. The summed E-state index contributed by atoms with van der Waals surface area (Å²) in [4.78, 5) is 2.35. The van der Waals surface area contributed by atoms with Crippen molar-refractivity contribution < 1.29 is 10.2 Å². The highest BCUT2D eigenvalue weighted by Crippen LogP contribution is 2.34. The Hall–Kier alpha value is -0.940. The second kappa shape index (κ2) is 8.25. The van der Waals surface area contributed by atoms with Crippen LogP contribution < -0.4 is 5.32 Å². The maximum Gasteiger partial charge on any atom is 0.0998 e. The van der Waals surface area contributed by atoms with Crippen LogP contribution in [0.4, 0.5) is 0 Å². The number of hydrogen-bond acceptors (Lipinski definition) is 4. The first kappa shape index (κ1) is 16.9. The summed E-state index contributed by atoms with van der Waals surface area (Å²) < 4.78 is 0. The van der Waals surface area contributed by atoms with Gasteiger partial charge in [0.15, 0.2) is 0 Å². The van der Waals surface area contributed by atoms with Crippen molar-refractivity contribution in [2.24, 2.45) is 5.92 Å². The van der Waals surface area contributed by atoms with E-state index in [1.807, 2.05) is 18.2 Å². The highest BCUT2D eigenvalue weighted by atomic mass is 16.3. The van der Waals surface area contributed by atoms with Crippen LogP contribution in [0.1, 0.15) is 43.7 Å². The summed E-state index contributed by atoms with van der Waals surface area (Å²) in [5.41, 5.74) is 1.11.